The number of piperidine rings is 1. The van der Waals surface area contributed by atoms with Crippen LogP contribution in [0.3, 0.4) is 0 Å². The second-order valence-electron chi connectivity index (χ2n) is 9.66. The van der Waals surface area contributed by atoms with E-state index in [1.165, 1.54) is 38.4 Å². The molecule has 0 aromatic heterocycles. The van der Waals surface area contributed by atoms with E-state index in [1.54, 1.807) is 34.6 Å². The lowest BCUT2D eigenvalue weighted by molar-refractivity contribution is 0.102. The summed E-state index contributed by atoms with van der Waals surface area (Å²) in [6.07, 6.45) is 6.76. The van der Waals surface area contributed by atoms with Crippen molar-refractivity contribution in [2.75, 3.05) is 36.0 Å². The molecule has 10 heteroatoms. The van der Waals surface area contributed by atoms with Gasteiger partial charge in [0.05, 0.1) is 22.4 Å². The minimum atomic E-state index is -3.59. The van der Waals surface area contributed by atoms with Crippen LogP contribution in [0.1, 0.15) is 63.3 Å². The third-order valence-corrected chi connectivity index (χ3v) is 10.4. The monoisotopic (exact) mass is 551 g/mol. The average molecular weight is 552 g/mol. The number of benzene rings is 2. The van der Waals surface area contributed by atoms with Crippen molar-refractivity contribution >= 4 is 37.3 Å². The van der Waals surface area contributed by atoms with Gasteiger partial charge in [-0.15, -0.1) is 0 Å². The lowest BCUT2D eigenvalue weighted by Gasteiger charge is -2.39. The molecule has 0 bridgehead atoms. The Hall–Kier alpha value is -2.43. The zero-order chi connectivity index (χ0) is 27.4. The van der Waals surface area contributed by atoms with Crippen molar-refractivity contribution in [1.82, 2.24) is 4.31 Å². The van der Waals surface area contributed by atoms with Crippen molar-refractivity contribution in [2.24, 2.45) is 11.8 Å². The molecular weight excluding hydrogens is 510 g/mol. The Bertz CT molecular complexity index is 1300. The molecule has 0 atom stereocenters. The second kappa shape index (κ2) is 12.0. The molecule has 1 saturated heterocycles. The average Bonchev–Trinajstić information content (AvgIpc) is 2.84. The largest absolute Gasteiger partial charge is 0.322 e. The minimum absolute atomic E-state index is 0. The minimum Gasteiger partial charge on any atom is -0.322 e. The van der Waals surface area contributed by atoms with Gasteiger partial charge in [-0.1, -0.05) is 44.7 Å². The van der Waals surface area contributed by atoms with E-state index in [-0.39, 0.29) is 17.6 Å². The number of nitrogens with zero attached hydrogens (tertiary/aromatic N) is 2. The van der Waals surface area contributed by atoms with Crippen LogP contribution < -0.4 is 9.62 Å². The standard InChI is InChI=1S/C25H33N3O5S2.C2H6.H2/c1-18-7-12-24(27(2)34(3,30)31)23(17-18)25(29)26-21-8-10-22(11-9-21)35(32,33)28-15-13-20(14-16-28)19-5-4-6-19;1-2;/h7-12,17,19-20H,4-6,13-16H2,1-3H3,(H,26,29);1-2H3;1H. The highest BCUT2D eigenvalue weighted by Gasteiger charge is 2.34. The Balaban J connectivity index is 0.00000165. The maximum absolute atomic E-state index is 13.1. The highest BCUT2D eigenvalue weighted by Crippen LogP contribution is 2.39. The molecule has 2 aromatic rings. The van der Waals surface area contributed by atoms with Gasteiger partial charge in [0.1, 0.15) is 0 Å². The number of carbonyl (C=O) groups excluding carboxylic acids is 1. The third-order valence-electron chi connectivity index (χ3n) is 7.30. The molecule has 0 spiro atoms. The van der Waals surface area contributed by atoms with Crippen LogP contribution in [0.2, 0.25) is 0 Å². The Labute approximate surface area is 223 Å². The van der Waals surface area contributed by atoms with Gasteiger partial charge in [0, 0.05) is 27.3 Å². The first kappa shape index (κ1) is 29.1. The maximum Gasteiger partial charge on any atom is 0.257 e. The first-order valence-electron chi connectivity index (χ1n) is 12.9. The highest BCUT2D eigenvalue weighted by atomic mass is 32.2. The van der Waals surface area contributed by atoms with E-state index in [9.17, 15) is 21.6 Å². The van der Waals surface area contributed by atoms with Crippen molar-refractivity contribution in [1.29, 1.82) is 0 Å². The van der Waals surface area contributed by atoms with Gasteiger partial charge >= 0.3 is 0 Å². The zero-order valence-electron chi connectivity index (χ0n) is 22.4. The fourth-order valence-electron chi connectivity index (χ4n) is 4.84. The van der Waals surface area contributed by atoms with Crippen LogP contribution in [0.5, 0.6) is 0 Å². The van der Waals surface area contributed by atoms with E-state index in [0.717, 1.165) is 34.9 Å². The number of carbonyl (C=O) groups is 1. The summed E-state index contributed by atoms with van der Waals surface area (Å²) in [5.41, 5.74) is 1.71. The predicted octanol–water partition coefficient (Wildman–Crippen LogP) is 5.12. The molecule has 1 heterocycles. The van der Waals surface area contributed by atoms with Crippen LogP contribution >= 0.6 is 0 Å². The summed E-state index contributed by atoms with van der Waals surface area (Å²) >= 11 is 0. The van der Waals surface area contributed by atoms with E-state index in [2.05, 4.69) is 5.32 Å². The lowest BCUT2D eigenvalue weighted by Crippen LogP contribution is -2.41. The highest BCUT2D eigenvalue weighted by molar-refractivity contribution is 7.92. The first-order valence-corrected chi connectivity index (χ1v) is 16.2. The normalized spacial score (nSPS) is 17.3. The summed E-state index contributed by atoms with van der Waals surface area (Å²) in [4.78, 5) is 13.2. The van der Waals surface area contributed by atoms with Crippen LogP contribution in [-0.2, 0) is 20.0 Å². The van der Waals surface area contributed by atoms with Crippen molar-refractivity contribution in [3.8, 4) is 0 Å². The van der Waals surface area contributed by atoms with E-state index in [4.69, 9.17) is 0 Å². The van der Waals surface area contributed by atoms with Gasteiger partial charge in [0.15, 0.2) is 0 Å². The molecule has 37 heavy (non-hydrogen) atoms. The molecule has 4 rings (SSSR count). The summed E-state index contributed by atoms with van der Waals surface area (Å²) in [7, 11) is -5.75. The number of hydrogen-bond acceptors (Lipinski definition) is 5. The number of anilines is 2. The van der Waals surface area contributed by atoms with Crippen molar-refractivity contribution in [3.05, 3.63) is 53.6 Å². The van der Waals surface area contributed by atoms with Gasteiger partial charge in [-0.2, -0.15) is 4.31 Å². The number of amides is 1. The van der Waals surface area contributed by atoms with Crippen molar-refractivity contribution < 1.29 is 23.1 Å². The van der Waals surface area contributed by atoms with Gasteiger partial charge in [-0.25, -0.2) is 16.8 Å². The summed E-state index contributed by atoms with van der Waals surface area (Å²) in [5.74, 6) is 0.933. The van der Waals surface area contributed by atoms with Crippen LogP contribution in [0, 0.1) is 18.8 Å². The second-order valence-corrected chi connectivity index (χ2v) is 13.6. The number of sulfonamides is 2. The SMILES string of the molecule is CC.Cc1ccc(N(C)S(C)(=O)=O)c(C(=O)Nc2ccc(S(=O)(=O)N3CCC(C4CCC4)CC3)cc2)c1.[HH]. The van der Waals surface area contributed by atoms with Gasteiger partial charge in [-0.3, -0.25) is 9.10 Å². The first-order chi connectivity index (χ1) is 17.5. The molecular formula is C27H41N3O5S2. The topological polar surface area (TPSA) is 104 Å². The number of rotatable bonds is 7. The molecule has 0 unspecified atom stereocenters. The van der Waals surface area contributed by atoms with Crippen LogP contribution in [0.15, 0.2) is 47.4 Å². The molecule has 1 aliphatic carbocycles. The van der Waals surface area contributed by atoms with E-state index in [0.29, 0.717) is 24.7 Å². The summed E-state index contributed by atoms with van der Waals surface area (Å²) in [6.45, 7) is 6.91. The number of aryl methyl sites for hydroxylation is 1. The van der Waals surface area contributed by atoms with E-state index in [1.807, 2.05) is 20.8 Å². The Morgan fingerprint density at radius 2 is 1.51 bits per heavy atom. The number of nitrogens with one attached hydrogen (secondary N) is 1. The van der Waals surface area contributed by atoms with E-state index >= 15 is 0 Å². The molecule has 2 aliphatic rings. The molecule has 0 radical (unpaired) electrons. The maximum atomic E-state index is 13.1. The van der Waals surface area contributed by atoms with Gasteiger partial charge in [-0.05, 0) is 68.0 Å². The molecule has 1 N–H and O–H groups in total. The summed E-state index contributed by atoms with van der Waals surface area (Å²) in [6, 6.07) is 11.1. The number of hydrogen-bond donors (Lipinski definition) is 1. The summed E-state index contributed by atoms with van der Waals surface area (Å²) in [5, 5.41) is 2.75. The molecule has 2 fully saturated rings. The molecule has 1 saturated carbocycles. The zero-order valence-corrected chi connectivity index (χ0v) is 24.0. The van der Waals surface area contributed by atoms with Gasteiger partial charge in [0.2, 0.25) is 20.0 Å². The Morgan fingerprint density at radius 3 is 2.03 bits per heavy atom. The molecule has 8 nitrogen and oxygen atoms in total. The third kappa shape index (κ3) is 6.72. The summed E-state index contributed by atoms with van der Waals surface area (Å²) < 4.78 is 52.9. The van der Waals surface area contributed by atoms with E-state index < -0.39 is 26.0 Å². The van der Waals surface area contributed by atoms with Crippen LogP contribution in [-0.4, -0.2) is 53.4 Å². The Morgan fingerprint density at radius 1 is 0.946 bits per heavy atom. The molecule has 2 aromatic carbocycles. The van der Waals surface area contributed by atoms with Crippen LogP contribution in [0.4, 0.5) is 11.4 Å². The predicted molar refractivity (Wildman–Crippen MR) is 151 cm³/mol. The fourth-order valence-corrected chi connectivity index (χ4v) is 6.83. The fraction of sp³-hybridized carbons (Fsp3) is 0.519. The van der Waals surface area contributed by atoms with Gasteiger partial charge < -0.3 is 5.32 Å². The van der Waals surface area contributed by atoms with Crippen LogP contribution in [0.25, 0.3) is 0 Å². The quantitative estimate of drug-likeness (QED) is 0.515. The molecule has 206 valence electrons. The Kier molecular flexibility index (Phi) is 9.42. The van der Waals surface area contributed by atoms with Crippen molar-refractivity contribution in [2.45, 2.75) is 57.8 Å². The lowest BCUT2D eigenvalue weighted by atomic mass is 9.72. The molecule has 1 aliphatic heterocycles. The van der Waals surface area contributed by atoms with Crippen molar-refractivity contribution in [3.63, 3.8) is 0 Å². The smallest absolute Gasteiger partial charge is 0.257 e. The molecule has 1 amide bonds. The van der Waals surface area contributed by atoms with Gasteiger partial charge in [0.25, 0.3) is 5.91 Å².